The van der Waals surface area contributed by atoms with E-state index < -0.39 is 0 Å². The van der Waals surface area contributed by atoms with Gasteiger partial charge in [-0.1, -0.05) is 0 Å². The number of anilines is 3. The second-order valence-corrected chi connectivity index (χ2v) is 4.36. The number of nitrogens with two attached hydrogens (primary N) is 1. The van der Waals surface area contributed by atoms with Gasteiger partial charge in [0, 0.05) is 16.2 Å². The number of benzene rings is 1. The first-order valence-corrected chi connectivity index (χ1v) is 5.67. The molecule has 0 unspecified atom stereocenters. The van der Waals surface area contributed by atoms with Crippen LogP contribution in [0.25, 0.3) is 0 Å². The van der Waals surface area contributed by atoms with Crippen LogP contribution in [-0.4, -0.2) is 9.97 Å². The smallest absolute Gasteiger partial charge is 0.221 e. The molecule has 1 aromatic carbocycles. The molecule has 88 valence electrons. The quantitative estimate of drug-likeness (QED) is 0.894. The minimum atomic E-state index is -0.304. The molecule has 1 aromatic heterocycles. The molecule has 2 aromatic rings. The Labute approximate surface area is 106 Å². The molecule has 2 rings (SSSR count). The number of hydrogen-bond acceptors (Lipinski definition) is 4. The number of rotatable bonds is 2. The van der Waals surface area contributed by atoms with Crippen LogP contribution < -0.4 is 11.1 Å². The van der Waals surface area contributed by atoms with E-state index in [1.165, 1.54) is 12.1 Å². The highest BCUT2D eigenvalue weighted by molar-refractivity contribution is 9.10. The number of aryl methyl sites for hydroxylation is 1. The third kappa shape index (κ3) is 2.71. The van der Waals surface area contributed by atoms with E-state index in [0.717, 1.165) is 5.56 Å². The zero-order valence-electron chi connectivity index (χ0n) is 9.04. The molecule has 0 amide bonds. The summed E-state index contributed by atoms with van der Waals surface area (Å²) in [6.45, 7) is 1.86. The normalized spacial score (nSPS) is 10.3. The second kappa shape index (κ2) is 4.67. The van der Waals surface area contributed by atoms with Crippen molar-refractivity contribution in [1.29, 1.82) is 0 Å². The van der Waals surface area contributed by atoms with Crippen LogP contribution in [-0.2, 0) is 0 Å². The number of halogens is 2. The van der Waals surface area contributed by atoms with Crippen LogP contribution in [0.3, 0.4) is 0 Å². The van der Waals surface area contributed by atoms with Gasteiger partial charge >= 0.3 is 0 Å². The van der Waals surface area contributed by atoms with Crippen molar-refractivity contribution in [3.8, 4) is 0 Å². The van der Waals surface area contributed by atoms with E-state index in [1.807, 2.05) is 6.92 Å². The van der Waals surface area contributed by atoms with Gasteiger partial charge in [-0.2, -0.15) is 4.98 Å². The maximum Gasteiger partial charge on any atom is 0.221 e. The van der Waals surface area contributed by atoms with Crippen LogP contribution in [0.4, 0.5) is 21.8 Å². The third-order valence-corrected chi connectivity index (χ3v) is 2.83. The fraction of sp³-hybridized carbons (Fsp3) is 0.0909. The lowest BCUT2D eigenvalue weighted by Gasteiger charge is -2.10. The lowest BCUT2D eigenvalue weighted by atomic mass is 10.3. The van der Waals surface area contributed by atoms with Crippen molar-refractivity contribution >= 4 is 33.4 Å². The lowest BCUT2D eigenvalue weighted by molar-refractivity contribution is 0.627. The molecule has 0 aliphatic heterocycles. The first-order chi connectivity index (χ1) is 8.06. The van der Waals surface area contributed by atoms with Crippen LogP contribution in [0.5, 0.6) is 0 Å². The van der Waals surface area contributed by atoms with E-state index in [1.54, 1.807) is 12.3 Å². The molecule has 1 heterocycles. The third-order valence-electron chi connectivity index (χ3n) is 2.17. The van der Waals surface area contributed by atoms with Gasteiger partial charge in [0.15, 0.2) is 0 Å². The van der Waals surface area contributed by atoms with Crippen LogP contribution in [0.2, 0.25) is 0 Å². The zero-order chi connectivity index (χ0) is 12.4. The van der Waals surface area contributed by atoms with Gasteiger partial charge in [-0.05, 0) is 41.1 Å². The minimum Gasteiger partial charge on any atom is -0.368 e. The van der Waals surface area contributed by atoms with Crippen molar-refractivity contribution in [2.45, 2.75) is 6.92 Å². The van der Waals surface area contributed by atoms with E-state index in [9.17, 15) is 4.39 Å². The number of nitrogen functional groups attached to an aromatic ring is 1. The van der Waals surface area contributed by atoms with Gasteiger partial charge in [-0.15, -0.1) is 0 Å². The highest BCUT2D eigenvalue weighted by Gasteiger charge is 2.06. The first kappa shape index (κ1) is 11.8. The van der Waals surface area contributed by atoms with Crippen LogP contribution in [0.1, 0.15) is 5.56 Å². The molecular weight excluding hydrogens is 287 g/mol. The molecule has 0 saturated heterocycles. The summed E-state index contributed by atoms with van der Waals surface area (Å²) in [5, 5.41) is 3.06. The molecular formula is C11H10BrFN4. The average molecular weight is 297 g/mol. The molecule has 0 aliphatic carbocycles. The van der Waals surface area contributed by atoms with Gasteiger partial charge in [0.2, 0.25) is 5.95 Å². The summed E-state index contributed by atoms with van der Waals surface area (Å²) < 4.78 is 13.5. The molecule has 0 aliphatic rings. The molecule has 4 nitrogen and oxygen atoms in total. The predicted octanol–water partition coefficient (Wildman–Crippen LogP) is 3.01. The molecule has 3 N–H and O–H groups in total. The number of aromatic nitrogens is 2. The molecule has 17 heavy (non-hydrogen) atoms. The largest absolute Gasteiger partial charge is 0.368 e. The van der Waals surface area contributed by atoms with E-state index in [4.69, 9.17) is 5.73 Å². The summed E-state index contributed by atoms with van der Waals surface area (Å²) in [6.07, 6.45) is 1.63. The highest BCUT2D eigenvalue weighted by Crippen LogP contribution is 2.27. The highest BCUT2D eigenvalue weighted by atomic mass is 79.9. The van der Waals surface area contributed by atoms with Crippen molar-refractivity contribution in [2.24, 2.45) is 0 Å². The van der Waals surface area contributed by atoms with Crippen LogP contribution in [0, 0.1) is 12.7 Å². The fourth-order valence-electron chi connectivity index (χ4n) is 1.30. The van der Waals surface area contributed by atoms with Crippen molar-refractivity contribution in [3.63, 3.8) is 0 Å². The Balaban J connectivity index is 2.34. The predicted molar refractivity (Wildman–Crippen MR) is 68.6 cm³/mol. The average Bonchev–Trinajstić information content (AvgIpc) is 2.27. The van der Waals surface area contributed by atoms with Gasteiger partial charge in [-0.3, -0.25) is 0 Å². The summed E-state index contributed by atoms with van der Waals surface area (Å²) in [6, 6.07) is 4.37. The summed E-state index contributed by atoms with van der Waals surface area (Å²) in [7, 11) is 0. The summed E-state index contributed by atoms with van der Waals surface area (Å²) in [5.41, 5.74) is 7.08. The Hall–Kier alpha value is -1.69. The Morgan fingerprint density at radius 1 is 1.41 bits per heavy atom. The summed E-state index contributed by atoms with van der Waals surface area (Å²) >= 11 is 3.27. The molecule has 0 spiro atoms. The van der Waals surface area contributed by atoms with Gasteiger partial charge < -0.3 is 11.1 Å². The zero-order valence-corrected chi connectivity index (χ0v) is 10.6. The molecule has 6 heteroatoms. The molecule has 0 fully saturated rings. The monoisotopic (exact) mass is 296 g/mol. The standard InChI is InChI=1S/C11H10BrFN4/c1-6-5-15-11(14)17-10(6)16-9-3-2-7(13)4-8(9)12/h2-5H,1H3,(H3,14,15,16,17). The molecule has 0 radical (unpaired) electrons. The Morgan fingerprint density at radius 2 is 2.18 bits per heavy atom. The van der Waals surface area contributed by atoms with Crippen molar-refractivity contribution in [2.75, 3.05) is 11.1 Å². The number of nitrogens with zero attached hydrogens (tertiary/aromatic N) is 2. The Morgan fingerprint density at radius 3 is 2.88 bits per heavy atom. The Kier molecular flexibility index (Phi) is 3.23. The van der Waals surface area contributed by atoms with Crippen LogP contribution in [0.15, 0.2) is 28.9 Å². The fourth-order valence-corrected chi connectivity index (χ4v) is 1.75. The molecule has 0 atom stereocenters. The maximum atomic E-state index is 12.9. The van der Waals surface area contributed by atoms with E-state index in [2.05, 4.69) is 31.2 Å². The van der Waals surface area contributed by atoms with E-state index in [-0.39, 0.29) is 11.8 Å². The van der Waals surface area contributed by atoms with Gasteiger partial charge in [0.05, 0.1) is 5.69 Å². The second-order valence-electron chi connectivity index (χ2n) is 3.51. The van der Waals surface area contributed by atoms with E-state index >= 15 is 0 Å². The SMILES string of the molecule is Cc1cnc(N)nc1Nc1ccc(F)cc1Br. The number of nitrogens with one attached hydrogen (secondary N) is 1. The molecule has 0 bridgehead atoms. The van der Waals surface area contributed by atoms with Gasteiger partial charge in [0.25, 0.3) is 0 Å². The van der Waals surface area contributed by atoms with E-state index in [0.29, 0.717) is 16.0 Å². The first-order valence-electron chi connectivity index (χ1n) is 4.87. The summed E-state index contributed by atoms with van der Waals surface area (Å²) in [4.78, 5) is 7.94. The lowest BCUT2D eigenvalue weighted by Crippen LogP contribution is -2.02. The van der Waals surface area contributed by atoms with Gasteiger partial charge in [0.1, 0.15) is 11.6 Å². The van der Waals surface area contributed by atoms with Crippen molar-refractivity contribution in [3.05, 3.63) is 40.2 Å². The Bertz CT molecular complexity index is 559. The van der Waals surface area contributed by atoms with Crippen LogP contribution >= 0.6 is 15.9 Å². The minimum absolute atomic E-state index is 0.191. The topological polar surface area (TPSA) is 63.8 Å². The van der Waals surface area contributed by atoms with Crippen molar-refractivity contribution in [1.82, 2.24) is 9.97 Å². The van der Waals surface area contributed by atoms with Gasteiger partial charge in [-0.25, -0.2) is 9.37 Å². The molecule has 0 saturated carbocycles. The number of hydrogen-bond donors (Lipinski definition) is 2. The maximum absolute atomic E-state index is 12.9. The van der Waals surface area contributed by atoms with Crippen molar-refractivity contribution < 1.29 is 4.39 Å². The summed E-state index contributed by atoms with van der Waals surface area (Å²) in [5.74, 6) is 0.488.